The molecule has 1 aromatic carbocycles. The molecule has 19 heavy (non-hydrogen) atoms. The second kappa shape index (κ2) is 6.29. The van der Waals surface area contributed by atoms with Gasteiger partial charge in [0.2, 0.25) is 0 Å². The van der Waals surface area contributed by atoms with Crippen LogP contribution in [0.1, 0.15) is 16.1 Å². The molecule has 0 aliphatic rings. The van der Waals surface area contributed by atoms with E-state index in [0.29, 0.717) is 13.0 Å². The summed E-state index contributed by atoms with van der Waals surface area (Å²) in [6.45, 7) is 0.431. The smallest absolute Gasteiger partial charge is 0.254 e. The predicted octanol–water partition coefficient (Wildman–Crippen LogP) is 2.30. The first-order chi connectivity index (χ1) is 9.20. The lowest BCUT2D eigenvalue weighted by molar-refractivity contribution is 0.0950. The second-order valence-corrected chi connectivity index (χ2v) is 4.74. The van der Waals surface area contributed by atoms with E-state index in [1.54, 1.807) is 12.1 Å². The summed E-state index contributed by atoms with van der Waals surface area (Å²) in [5.41, 5.74) is 0.972. The van der Waals surface area contributed by atoms with E-state index in [1.807, 2.05) is 12.4 Å². The van der Waals surface area contributed by atoms with E-state index in [-0.39, 0.29) is 5.56 Å². The fraction of sp³-hybridized carbons (Fsp3) is 0.231. The number of aromatic nitrogens is 1. The summed E-state index contributed by atoms with van der Waals surface area (Å²) in [6, 6.07) is 5.93. The number of thiazole rings is 1. The Morgan fingerprint density at radius 3 is 2.89 bits per heavy atom. The van der Waals surface area contributed by atoms with Crippen molar-refractivity contribution in [2.45, 2.75) is 6.42 Å². The zero-order chi connectivity index (χ0) is 13.7. The number of halogens is 1. The Hall–Kier alpha value is -1.95. The lowest BCUT2D eigenvalue weighted by Gasteiger charge is -2.04. The highest BCUT2D eigenvalue weighted by atomic mass is 32.1. The first-order valence-corrected chi connectivity index (χ1v) is 6.73. The molecule has 2 N–H and O–H groups in total. The van der Waals surface area contributed by atoms with Crippen LogP contribution in [0.3, 0.4) is 0 Å². The highest BCUT2D eigenvalue weighted by Gasteiger charge is 2.10. The summed E-state index contributed by atoms with van der Waals surface area (Å²) >= 11 is 1.51. The SMILES string of the molecule is CNc1nc(CCNC(=O)c2ccccc2F)cs1. The number of nitrogens with one attached hydrogen (secondary N) is 2. The molecule has 0 spiro atoms. The number of carbonyl (C=O) groups is 1. The molecule has 0 atom stereocenters. The Morgan fingerprint density at radius 2 is 2.21 bits per heavy atom. The maximum atomic E-state index is 13.4. The van der Waals surface area contributed by atoms with Gasteiger partial charge in [-0.15, -0.1) is 11.3 Å². The molecule has 2 rings (SSSR count). The Bertz CT molecular complexity index is 571. The van der Waals surface area contributed by atoms with Crippen molar-refractivity contribution in [3.63, 3.8) is 0 Å². The van der Waals surface area contributed by atoms with Crippen LogP contribution in [0, 0.1) is 5.82 Å². The molecule has 0 aliphatic heterocycles. The van der Waals surface area contributed by atoms with Gasteiger partial charge in [-0.2, -0.15) is 0 Å². The first-order valence-electron chi connectivity index (χ1n) is 5.85. The monoisotopic (exact) mass is 279 g/mol. The van der Waals surface area contributed by atoms with Gasteiger partial charge in [0.25, 0.3) is 5.91 Å². The zero-order valence-corrected chi connectivity index (χ0v) is 11.3. The summed E-state index contributed by atoms with van der Waals surface area (Å²) in [5.74, 6) is -0.909. The molecule has 100 valence electrons. The van der Waals surface area contributed by atoms with Crippen molar-refractivity contribution in [3.05, 3.63) is 46.7 Å². The van der Waals surface area contributed by atoms with E-state index in [0.717, 1.165) is 10.8 Å². The fourth-order valence-electron chi connectivity index (χ4n) is 1.58. The number of rotatable bonds is 5. The first kappa shape index (κ1) is 13.5. The van der Waals surface area contributed by atoms with Gasteiger partial charge in [-0.25, -0.2) is 9.37 Å². The molecule has 0 aliphatic carbocycles. The van der Waals surface area contributed by atoms with Gasteiger partial charge in [0.15, 0.2) is 5.13 Å². The molecule has 1 heterocycles. The van der Waals surface area contributed by atoms with E-state index in [1.165, 1.54) is 23.5 Å². The third-order valence-corrected chi connectivity index (χ3v) is 3.46. The van der Waals surface area contributed by atoms with Gasteiger partial charge in [-0.3, -0.25) is 4.79 Å². The van der Waals surface area contributed by atoms with Crippen LogP contribution in [0.25, 0.3) is 0 Å². The molecule has 1 aromatic heterocycles. The molecule has 2 aromatic rings. The Balaban J connectivity index is 1.86. The number of hydrogen-bond acceptors (Lipinski definition) is 4. The van der Waals surface area contributed by atoms with Gasteiger partial charge in [0.1, 0.15) is 5.82 Å². The van der Waals surface area contributed by atoms with Crippen LogP contribution in [0.2, 0.25) is 0 Å². The van der Waals surface area contributed by atoms with E-state index in [4.69, 9.17) is 0 Å². The highest BCUT2D eigenvalue weighted by molar-refractivity contribution is 7.13. The van der Waals surface area contributed by atoms with Gasteiger partial charge in [-0.05, 0) is 12.1 Å². The summed E-state index contributed by atoms with van der Waals surface area (Å²) in [7, 11) is 1.81. The van der Waals surface area contributed by atoms with Crippen LogP contribution >= 0.6 is 11.3 Å². The average Bonchev–Trinajstić information content (AvgIpc) is 2.87. The average molecular weight is 279 g/mol. The molecule has 4 nitrogen and oxygen atoms in total. The van der Waals surface area contributed by atoms with Gasteiger partial charge in [0, 0.05) is 25.4 Å². The maximum Gasteiger partial charge on any atom is 0.254 e. The molecule has 1 amide bonds. The van der Waals surface area contributed by atoms with Crippen molar-refractivity contribution < 1.29 is 9.18 Å². The Labute approximate surface area is 114 Å². The number of hydrogen-bond donors (Lipinski definition) is 2. The molecule has 0 fully saturated rings. The van der Waals surface area contributed by atoms with Crippen LogP contribution in [0.4, 0.5) is 9.52 Å². The van der Waals surface area contributed by atoms with E-state index >= 15 is 0 Å². The molecule has 0 saturated heterocycles. The molecular weight excluding hydrogens is 265 g/mol. The molecule has 0 saturated carbocycles. The summed E-state index contributed by atoms with van der Waals surface area (Å²) in [6.07, 6.45) is 0.623. The maximum absolute atomic E-state index is 13.4. The fourth-order valence-corrected chi connectivity index (χ4v) is 2.29. The topological polar surface area (TPSA) is 54.0 Å². The number of anilines is 1. The lowest BCUT2D eigenvalue weighted by Crippen LogP contribution is -2.26. The zero-order valence-electron chi connectivity index (χ0n) is 10.4. The quantitative estimate of drug-likeness (QED) is 0.883. The number of carbonyl (C=O) groups excluding carboxylic acids is 1. The molecule has 0 unspecified atom stereocenters. The van der Waals surface area contributed by atoms with Crippen LogP contribution in [0.5, 0.6) is 0 Å². The van der Waals surface area contributed by atoms with Gasteiger partial charge in [0.05, 0.1) is 11.3 Å². The van der Waals surface area contributed by atoms with Crippen LogP contribution in [0.15, 0.2) is 29.6 Å². The summed E-state index contributed by atoms with van der Waals surface area (Å²) in [5, 5.41) is 8.41. The van der Waals surface area contributed by atoms with E-state index in [9.17, 15) is 9.18 Å². The largest absolute Gasteiger partial charge is 0.365 e. The normalized spacial score (nSPS) is 10.2. The van der Waals surface area contributed by atoms with Crippen molar-refractivity contribution >= 4 is 22.4 Å². The third kappa shape index (κ3) is 3.51. The van der Waals surface area contributed by atoms with Crippen LogP contribution in [-0.4, -0.2) is 24.5 Å². The summed E-state index contributed by atoms with van der Waals surface area (Å²) in [4.78, 5) is 16.0. The molecular formula is C13H14FN3OS. The van der Waals surface area contributed by atoms with Crippen LogP contribution in [-0.2, 0) is 6.42 Å². The van der Waals surface area contributed by atoms with E-state index < -0.39 is 11.7 Å². The van der Waals surface area contributed by atoms with E-state index in [2.05, 4.69) is 15.6 Å². The van der Waals surface area contributed by atoms with Crippen molar-refractivity contribution in [1.29, 1.82) is 0 Å². The van der Waals surface area contributed by atoms with Crippen molar-refractivity contribution in [3.8, 4) is 0 Å². The Morgan fingerprint density at radius 1 is 1.42 bits per heavy atom. The number of nitrogens with zero attached hydrogens (tertiary/aromatic N) is 1. The molecule has 6 heteroatoms. The summed E-state index contributed by atoms with van der Waals surface area (Å²) < 4.78 is 13.4. The van der Waals surface area contributed by atoms with Crippen molar-refractivity contribution in [2.75, 3.05) is 18.9 Å². The standard InChI is InChI=1S/C13H14FN3OS/c1-15-13-17-9(8-19-13)6-7-16-12(18)10-4-2-3-5-11(10)14/h2-5,8H,6-7H2,1H3,(H,15,17)(H,16,18). The van der Waals surface area contributed by atoms with Gasteiger partial charge < -0.3 is 10.6 Å². The highest BCUT2D eigenvalue weighted by Crippen LogP contribution is 2.14. The minimum absolute atomic E-state index is 0.0664. The molecule has 0 bridgehead atoms. The predicted molar refractivity (Wildman–Crippen MR) is 74.1 cm³/mol. The third-order valence-electron chi connectivity index (χ3n) is 2.55. The number of benzene rings is 1. The second-order valence-electron chi connectivity index (χ2n) is 3.88. The lowest BCUT2D eigenvalue weighted by atomic mass is 10.2. The molecule has 0 radical (unpaired) electrons. The Kier molecular flexibility index (Phi) is 4.46. The van der Waals surface area contributed by atoms with Crippen molar-refractivity contribution in [1.82, 2.24) is 10.3 Å². The van der Waals surface area contributed by atoms with Gasteiger partial charge in [-0.1, -0.05) is 12.1 Å². The van der Waals surface area contributed by atoms with Crippen molar-refractivity contribution in [2.24, 2.45) is 0 Å². The number of amides is 1. The van der Waals surface area contributed by atoms with Gasteiger partial charge >= 0.3 is 0 Å². The minimum Gasteiger partial charge on any atom is -0.365 e. The minimum atomic E-state index is -0.508. The van der Waals surface area contributed by atoms with Crippen LogP contribution < -0.4 is 10.6 Å².